The minimum Gasteiger partial charge on any atom is -0.480 e. The molecule has 26 heavy (non-hydrogen) atoms. The van der Waals surface area contributed by atoms with Crippen LogP contribution in [-0.4, -0.2) is 20.8 Å². The molecule has 0 fully saturated rings. The van der Waals surface area contributed by atoms with E-state index in [0.29, 0.717) is 0 Å². The Bertz CT molecular complexity index is 964. The van der Waals surface area contributed by atoms with Crippen molar-refractivity contribution in [2.45, 2.75) is 49.7 Å². The molecule has 0 aliphatic rings. The molecular weight excluding hydrogens is 342 g/mol. The van der Waals surface area contributed by atoms with Crippen LogP contribution in [0.3, 0.4) is 0 Å². The monoisotopic (exact) mass is 367 g/mol. The highest BCUT2D eigenvalue weighted by Crippen LogP contribution is 2.35. The van der Waals surface area contributed by atoms with E-state index in [1.807, 2.05) is 12.1 Å². The lowest BCUT2D eigenvalue weighted by Crippen LogP contribution is -2.26. The van der Waals surface area contributed by atoms with Crippen molar-refractivity contribution in [3.8, 4) is 11.3 Å². The highest BCUT2D eigenvalue weighted by atomic mass is 32.2. The third kappa shape index (κ3) is 3.80. The van der Waals surface area contributed by atoms with Gasteiger partial charge in [0.1, 0.15) is 4.75 Å². The number of aliphatic carboxylic acids is 1. The van der Waals surface area contributed by atoms with Crippen molar-refractivity contribution < 1.29 is 9.90 Å². The highest BCUT2D eigenvalue weighted by molar-refractivity contribution is 8.01. The van der Waals surface area contributed by atoms with E-state index >= 15 is 0 Å². The summed E-state index contributed by atoms with van der Waals surface area (Å²) < 4.78 is -0.853. The first-order valence-corrected chi connectivity index (χ1v) is 9.54. The van der Waals surface area contributed by atoms with Crippen molar-refractivity contribution in [2.75, 3.05) is 0 Å². The molecule has 0 unspecified atom stereocenters. The predicted octanol–water partition coefficient (Wildman–Crippen LogP) is 6.09. The number of hydrogen-bond acceptors (Lipinski definition) is 2. The third-order valence-electron chi connectivity index (χ3n) is 4.52. The molecule has 1 heterocycles. The Morgan fingerprint density at radius 3 is 2.38 bits per heavy atom. The van der Waals surface area contributed by atoms with E-state index in [-0.39, 0.29) is 5.41 Å². The van der Waals surface area contributed by atoms with Crippen LogP contribution in [0.4, 0.5) is 0 Å². The zero-order valence-electron chi connectivity index (χ0n) is 15.9. The van der Waals surface area contributed by atoms with Gasteiger partial charge in [-0.2, -0.15) is 0 Å². The van der Waals surface area contributed by atoms with Gasteiger partial charge in [0.2, 0.25) is 0 Å². The van der Waals surface area contributed by atoms with Gasteiger partial charge >= 0.3 is 5.97 Å². The maximum Gasteiger partial charge on any atom is 0.319 e. The van der Waals surface area contributed by atoms with Gasteiger partial charge in [-0.15, -0.1) is 11.8 Å². The van der Waals surface area contributed by atoms with Gasteiger partial charge in [0, 0.05) is 21.5 Å². The standard InChI is InChI=1S/C22H25NO2S/c1-21(2,3)16-8-6-7-14(11-16)19-13-15-12-17(9-10-18(15)23-19)26-22(4,5)20(24)25/h6-13,23H,1-5H3,(H,24,25). The van der Waals surface area contributed by atoms with E-state index in [4.69, 9.17) is 0 Å². The molecule has 0 aliphatic heterocycles. The number of carboxylic acid groups (broad SMARTS) is 1. The zero-order valence-corrected chi connectivity index (χ0v) is 16.7. The Morgan fingerprint density at radius 1 is 1.00 bits per heavy atom. The van der Waals surface area contributed by atoms with E-state index in [1.165, 1.54) is 17.3 Å². The van der Waals surface area contributed by atoms with Gasteiger partial charge in [-0.05, 0) is 60.7 Å². The van der Waals surface area contributed by atoms with E-state index in [0.717, 1.165) is 27.1 Å². The van der Waals surface area contributed by atoms with Gasteiger partial charge in [0.15, 0.2) is 0 Å². The minimum absolute atomic E-state index is 0.105. The van der Waals surface area contributed by atoms with E-state index in [9.17, 15) is 9.90 Å². The molecule has 2 N–H and O–H groups in total. The van der Waals surface area contributed by atoms with Crippen LogP contribution in [0.25, 0.3) is 22.2 Å². The van der Waals surface area contributed by atoms with Crippen LogP contribution < -0.4 is 0 Å². The van der Waals surface area contributed by atoms with Crippen molar-refractivity contribution in [3.05, 3.63) is 54.1 Å². The highest BCUT2D eigenvalue weighted by Gasteiger charge is 2.28. The molecular formula is C22H25NO2S. The predicted molar refractivity (Wildman–Crippen MR) is 110 cm³/mol. The summed E-state index contributed by atoms with van der Waals surface area (Å²) in [4.78, 5) is 15.8. The summed E-state index contributed by atoms with van der Waals surface area (Å²) in [6.45, 7) is 10.1. The summed E-state index contributed by atoms with van der Waals surface area (Å²) >= 11 is 1.37. The maximum atomic E-state index is 11.4. The Balaban J connectivity index is 1.97. The molecule has 136 valence electrons. The molecule has 0 atom stereocenters. The second-order valence-electron chi connectivity index (χ2n) is 8.18. The van der Waals surface area contributed by atoms with Crippen molar-refractivity contribution in [2.24, 2.45) is 0 Å². The van der Waals surface area contributed by atoms with Crippen LogP contribution in [-0.2, 0) is 10.2 Å². The molecule has 0 bridgehead atoms. The molecule has 0 spiro atoms. The van der Waals surface area contributed by atoms with E-state index in [2.05, 4.69) is 62.2 Å². The molecule has 0 aliphatic carbocycles. The molecule has 1 aromatic heterocycles. The van der Waals surface area contributed by atoms with Crippen LogP contribution in [0.1, 0.15) is 40.2 Å². The second-order valence-corrected chi connectivity index (χ2v) is 9.88. The number of fused-ring (bicyclic) bond motifs is 1. The summed E-state index contributed by atoms with van der Waals surface area (Å²) in [6, 6.07) is 16.8. The van der Waals surface area contributed by atoms with Crippen molar-refractivity contribution in [1.82, 2.24) is 4.98 Å². The van der Waals surface area contributed by atoms with Gasteiger partial charge in [-0.3, -0.25) is 4.79 Å². The number of carbonyl (C=O) groups is 1. The number of nitrogens with one attached hydrogen (secondary N) is 1. The van der Waals surface area contributed by atoms with Crippen LogP contribution in [0.15, 0.2) is 53.4 Å². The molecule has 3 nitrogen and oxygen atoms in total. The molecule has 4 heteroatoms. The second kappa shape index (κ2) is 6.51. The number of carboxylic acids is 1. The average molecular weight is 368 g/mol. The van der Waals surface area contributed by atoms with Gasteiger partial charge in [0.25, 0.3) is 0 Å². The smallest absolute Gasteiger partial charge is 0.319 e. The van der Waals surface area contributed by atoms with Gasteiger partial charge in [-0.1, -0.05) is 39.0 Å². The number of rotatable bonds is 4. The quantitative estimate of drug-likeness (QED) is 0.549. The molecule has 0 radical (unpaired) electrons. The summed E-state index contributed by atoms with van der Waals surface area (Å²) in [6.07, 6.45) is 0. The first-order chi connectivity index (χ1) is 12.1. The SMILES string of the molecule is CC(C)(Sc1ccc2[nH]c(-c3cccc(C(C)(C)C)c3)cc2c1)C(=O)O. The largest absolute Gasteiger partial charge is 0.480 e. The van der Waals surface area contributed by atoms with Crippen molar-refractivity contribution >= 4 is 28.6 Å². The first kappa shape index (κ1) is 18.6. The molecule has 0 saturated heterocycles. The van der Waals surface area contributed by atoms with Crippen LogP contribution >= 0.6 is 11.8 Å². The van der Waals surface area contributed by atoms with E-state index < -0.39 is 10.7 Å². The van der Waals surface area contributed by atoms with Gasteiger partial charge in [0.05, 0.1) is 0 Å². The lowest BCUT2D eigenvalue weighted by atomic mass is 9.86. The Morgan fingerprint density at radius 2 is 1.73 bits per heavy atom. The Labute approximate surface area is 158 Å². The van der Waals surface area contributed by atoms with Gasteiger partial charge < -0.3 is 10.1 Å². The molecule has 3 aromatic rings. The fraction of sp³-hybridized carbons (Fsp3) is 0.318. The van der Waals surface area contributed by atoms with Crippen molar-refractivity contribution in [3.63, 3.8) is 0 Å². The summed E-state index contributed by atoms with van der Waals surface area (Å²) in [5.41, 5.74) is 4.69. The zero-order chi connectivity index (χ0) is 19.1. The van der Waals surface area contributed by atoms with E-state index in [1.54, 1.807) is 13.8 Å². The Kier molecular flexibility index (Phi) is 4.65. The average Bonchev–Trinajstić information content (AvgIpc) is 2.97. The number of hydrogen-bond donors (Lipinski definition) is 2. The fourth-order valence-corrected chi connectivity index (χ4v) is 3.82. The number of aromatic nitrogens is 1. The number of aromatic amines is 1. The number of thioether (sulfide) groups is 1. The minimum atomic E-state index is -0.853. The van der Waals surface area contributed by atoms with Gasteiger partial charge in [-0.25, -0.2) is 0 Å². The molecule has 3 rings (SSSR count). The molecule has 0 amide bonds. The van der Waals surface area contributed by atoms with Crippen molar-refractivity contribution in [1.29, 1.82) is 0 Å². The first-order valence-electron chi connectivity index (χ1n) is 8.72. The fourth-order valence-electron chi connectivity index (χ4n) is 2.82. The van der Waals surface area contributed by atoms with Crippen LogP contribution in [0, 0.1) is 0 Å². The normalized spacial score (nSPS) is 12.5. The van der Waals surface area contributed by atoms with Crippen LogP contribution in [0.5, 0.6) is 0 Å². The van der Waals surface area contributed by atoms with Crippen LogP contribution in [0.2, 0.25) is 0 Å². The lowest BCUT2D eigenvalue weighted by molar-refractivity contribution is -0.138. The molecule has 0 saturated carbocycles. The maximum absolute atomic E-state index is 11.4. The molecule has 2 aromatic carbocycles. The number of H-pyrrole nitrogens is 1. The summed E-state index contributed by atoms with van der Waals surface area (Å²) in [5, 5.41) is 10.4. The summed E-state index contributed by atoms with van der Waals surface area (Å²) in [7, 11) is 0. The number of benzene rings is 2. The third-order valence-corrected chi connectivity index (χ3v) is 5.69. The topological polar surface area (TPSA) is 53.1 Å². The summed E-state index contributed by atoms with van der Waals surface area (Å²) in [5.74, 6) is -0.809. The Hall–Kier alpha value is -2.20. The lowest BCUT2D eigenvalue weighted by Gasteiger charge is -2.19.